The number of nitrogens with one attached hydrogen (secondary N) is 2. The minimum atomic E-state index is -3.85. The van der Waals surface area contributed by atoms with Crippen molar-refractivity contribution in [2.45, 2.75) is 43.9 Å². The van der Waals surface area contributed by atoms with Crippen molar-refractivity contribution in [3.63, 3.8) is 0 Å². The molecule has 194 valence electrons. The van der Waals surface area contributed by atoms with Crippen LogP contribution in [0.25, 0.3) is 0 Å². The first-order valence-electron chi connectivity index (χ1n) is 12.5. The van der Waals surface area contributed by atoms with Crippen molar-refractivity contribution in [1.82, 2.24) is 10.2 Å². The van der Waals surface area contributed by atoms with Crippen LogP contribution < -0.4 is 14.9 Å². The molecule has 0 atom stereocenters. The fraction of sp³-hybridized carbons (Fsp3) is 0.462. The number of carbonyl (C=O) groups is 2. The third kappa shape index (κ3) is 6.59. The van der Waals surface area contributed by atoms with E-state index in [4.69, 9.17) is 0 Å². The molecule has 0 spiro atoms. The zero-order valence-corrected chi connectivity index (χ0v) is 22.9. The number of likely N-dealkylation sites (tertiary alicyclic amines) is 1. The molecule has 36 heavy (non-hydrogen) atoms. The molecular weight excluding hydrogens is 544 g/mol. The maximum atomic E-state index is 13.2. The molecule has 4 rings (SSSR count). The van der Waals surface area contributed by atoms with Crippen LogP contribution in [-0.2, 0) is 14.8 Å². The quantitative estimate of drug-likeness (QED) is 0.435. The van der Waals surface area contributed by atoms with E-state index in [0.29, 0.717) is 43.1 Å². The van der Waals surface area contributed by atoms with E-state index in [1.165, 1.54) is 12.1 Å². The molecule has 2 fully saturated rings. The lowest BCUT2D eigenvalue weighted by Gasteiger charge is -2.33. The zero-order valence-electron chi connectivity index (χ0n) is 20.5. The Morgan fingerprint density at radius 3 is 2.47 bits per heavy atom. The van der Waals surface area contributed by atoms with Gasteiger partial charge in [0.2, 0.25) is 5.91 Å². The summed E-state index contributed by atoms with van der Waals surface area (Å²) in [6, 6.07) is 11.6. The third-order valence-electron chi connectivity index (χ3n) is 6.81. The van der Waals surface area contributed by atoms with Crippen molar-refractivity contribution in [3.8, 4) is 0 Å². The second kappa shape index (κ2) is 11.6. The molecular formula is C26H33BrN4O4S. The average molecular weight is 578 g/mol. The number of sulfonamides is 1. The van der Waals surface area contributed by atoms with Crippen LogP contribution in [0.1, 0.15) is 49.4 Å². The van der Waals surface area contributed by atoms with E-state index in [2.05, 4.69) is 37.8 Å². The lowest BCUT2D eigenvalue weighted by molar-refractivity contribution is -0.127. The molecule has 10 heteroatoms. The van der Waals surface area contributed by atoms with Gasteiger partial charge in [-0.25, -0.2) is 8.42 Å². The van der Waals surface area contributed by atoms with Gasteiger partial charge < -0.3 is 15.1 Å². The zero-order chi connectivity index (χ0) is 25.7. The van der Waals surface area contributed by atoms with E-state index in [-0.39, 0.29) is 16.7 Å². The molecule has 2 aromatic carbocycles. The maximum absolute atomic E-state index is 13.2. The molecule has 0 aliphatic carbocycles. The number of rotatable bonds is 9. The lowest BCUT2D eigenvalue weighted by Crippen LogP contribution is -2.34. The van der Waals surface area contributed by atoms with Gasteiger partial charge in [-0.1, -0.05) is 22.9 Å². The van der Waals surface area contributed by atoms with Crippen molar-refractivity contribution in [1.29, 1.82) is 0 Å². The molecule has 0 bridgehead atoms. The number of nitrogens with zero attached hydrogens (tertiary/aromatic N) is 2. The molecule has 2 heterocycles. The SMILES string of the molecule is CC1CCN(c2ccc(C(=O)NCCCN3CCCC3=O)cc2NS(=O)(=O)c2ccc(Br)cc2)CC1. The Morgan fingerprint density at radius 2 is 1.81 bits per heavy atom. The molecule has 2 aliphatic heterocycles. The summed E-state index contributed by atoms with van der Waals surface area (Å²) in [7, 11) is -3.85. The van der Waals surface area contributed by atoms with Crippen molar-refractivity contribution in [3.05, 3.63) is 52.5 Å². The molecule has 2 aliphatic rings. The van der Waals surface area contributed by atoms with Crippen molar-refractivity contribution < 1.29 is 18.0 Å². The van der Waals surface area contributed by atoms with Gasteiger partial charge in [-0.15, -0.1) is 0 Å². The molecule has 2 amide bonds. The summed E-state index contributed by atoms with van der Waals surface area (Å²) in [5.41, 5.74) is 1.55. The van der Waals surface area contributed by atoms with Gasteiger partial charge in [0.15, 0.2) is 0 Å². The fourth-order valence-electron chi connectivity index (χ4n) is 4.62. The Kier molecular flexibility index (Phi) is 8.56. The average Bonchev–Trinajstić information content (AvgIpc) is 3.27. The predicted octanol–water partition coefficient (Wildman–Crippen LogP) is 4.23. The van der Waals surface area contributed by atoms with Crippen molar-refractivity contribution >= 4 is 49.1 Å². The number of hydrogen-bond acceptors (Lipinski definition) is 5. The van der Waals surface area contributed by atoms with Crippen LogP contribution in [0, 0.1) is 5.92 Å². The van der Waals surface area contributed by atoms with Crippen LogP contribution in [0.2, 0.25) is 0 Å². The topological polar surface area (TPSA) is 98.8 Å². The van der Waals surface area contributed by atoms with Crippen LogP contribution in [0.4, 0.5) is 11.4 Å². The Balaban J connectivity index is 1.50. The monoisotopic (exact) mass is 576 g/mol. The minimum absolute atomic E-state index is 0.148. The number of hydrogen-bond donors (Lipinski definition) is 2. The Morgan fingerprint density at radius 1 is 1.08 bits per heavy atom. The van der Waals surface area contributed by atoms with E-state index in [0.717, 1.165) is 49.1 Å². The first-order valence-corrected chi connectivity index (χ1v) is 14.7. The summed E-state index contributed by atoms with van der Waals surface area (Å²) >= 11 is 3.34. The summed E-state index contributed by atoms with van der Waals surface area (Å²) in [6.07, 6.45) is 4.23. The first-order chi connectivity index (χ1) is 17.2. The summed E-state index contributed by atoms with van der Waals surface area (Å²) in [6.45, 7) is 5.73. The van der Waals surface area contributed by atoms with Gasteiger partial charge in [-0.3, -0.25) is 14.3 Å². The number of halogens is 1. The van der Waals surface area contributed by atoms with Crippen LogP contribution >= 0.6 is 15.9 Å². The van der Waals surface area contributed by atoms with Crippen molar-refractivity contribution in [2.75, 3.05) is 42.3 Å². The highest BCUT2D eigenvalue weighted by Crippen LogP contribution is 2.32. The summed E-state index contributed by atoms with van der Waals surface area (Å²) in [5, 5.41) is 2.90. The standard InChI is InChI=1S/C26H33BrN4O4S/c1-19-11-16-30(17-12-19)24-10-5-20(26(33)28-13-3-15-31-14-2-4-25(31)32)18-23(24)29-36(34,35)22-8-6-21(27)7-9-22/h5-10,18-19,29H,2-4,11-17H2,1H3,(H,28,33). The van der Waals surface area contributed by atoms with Crippen LogP contribution in [0.5, 0.6) is 0 Å². The van der Waals surface area contributed by atoms with Gasteiger partial charge in [-0.2, -0.15) is 0 Å². The highest BCUT2D eigenvalue weighted by atomic mass is 79.9. The normalized spacial score (nSPS) is 16.9. The van der Waals surface area contributed by atoms with Gasteiger partial charge in [0.05, 0.1) is 16.3 Å². The lowest BCUT2D eigenvalue weighted by atomic mass is 9.98. The molecule has 2 aromatic rings. The second-order valence-electron chi connectivity index (χ2n) is 9.55. The number of amides is 2. The van der Waals surface area contributed by atoms with Crippen LogP contribution in [-0.4, -0.2) is 57.9 Å². The van der Waals surface area contributed by atoms with E-state index in [1.807, 2.05) is 11.0 Å². The van der Waals surface area contributed by atoms with Gasteiger partial charge in [0, 0.05) is 49.2 Å². The molecule has 8 nitrogen and oxygen atoms in total. The van der Waals surface area contributed by atoms with E-state index >= 15 is 0 Å². The summed E-state index contributed by atoms with van der Waals surface area (Å²) in [4.78, 5) is 28.8. The van der Waals surface area contributed by atoms with E-state index in [1.54, 1.807) is 24.3 Å². The molecule has 2 saturated heterocycles. The van der Waals surface area contributed by atoms with Crippen molar-refractivity contribution in [2.24, 2.45) is 5.92 Å². The van der Waals surface area contributed by atoms with Gasteiger partial charge in [0.25, 0.3) is 15.9 Å². The Hall–Kier alpha value is -2.59. The Bertz CT molecular complexity index is 1190. The smallest absolute Gasteiger partial charge is 0.261 e. The highest BCUT2D eigenvalue weighted by Gasteiger charge is 2.23. The summed E-state index contributed by atoms with van der Waals surface area (Å²) < 4.78 is 29.8. The maximum Gasteiger partial charge on any atom is 0.261 e. The molecule has 2 N–H and O–H groups in total. The summed E-state index contributed by atoms with van der Waals surface area (Å²) in [5.74, 6) is 0.530. The fourth-order valence-corrected chi connectivity index (χ4v) is 5.95. The van der Waals surface area contributed by atoms with E-state index < -0.39 is 10.0 Å². The minimum Gasteiger partial charge on any atom is -0.370 e. The van der Waals surface area contributed by atoms with Gasteiger partial charge >= 0.3 is 0 Å². The van der Waals surface area contributed by atoms with Crippen LogP contribution in [0.15, 0.2) is 51.8 Å². The van der Waals surface area contributed by atoms with Crippen LogP contribution in [0.3, 0.4) is 0 Å². The Labute approximate surface area is 221 Å². The molecule has 0 unspecified atom stereocenters. The van der Waals surface area contributed by atoms with Gasteiger partial charge in [0.1, 0.15) is 0 Å². The highest BCUT2D eigenvalue weighted by molar-refractivity contribution is 9.10. The first kappa shape index (κ1) is 26.5. The van der Waals surface area contributed by atoms with E-state index in [9.17, 15) is 18.0 Å². The second-order valence-corrected chi connectivity index (χ2v) is 12.2. The van der Waals surface area contributed by atoms with Gasteiger partial charge in [-0.05, 0) is 74.1 Å². The molecule has 0 saturated carbocycles. The number of piperidine rings is 1. The number of anilines is 2. The largest absolute Gasteiger partial charge is 0.370 e. The predicted molar refractivity (Wildman–Crippen MR) is 145 cm³/mol. The molecule has 0 radical (unpaired) electrons. The molecule has 0 aromatic heterocycles. The number of benzene rings is 2. The third-order valence-corrected chi connectivity index (χ3v) is 8.72. The number of carbonyl (C=O) groups excluding carboxylic acids is 2.